The zero-order chi connectivity index (χ0) is 14.5. The molecule has 0 aliphatic heterocycles. The maximum absolute atomic E-state index is 13.0. The van der Waals surface area contributed by atoms with Crippen molar-refractivity contribution in [3.8, 4) is 0 Å². The molecule has 2 rings (SSSR count). The highest BCUT2D eigenvalue weighted by Crippen LogP contribution is 2.17. The molecule has 0 aliphatic rings. The van der Waals surface area contributed by atoms with Gasteiger partial charge in [-0.15, -0.1) is 0 Å². The van der Waals surface area contributed by atoms with Crippen LogP contribution in [0.2, 0.25) is 0 Å². The first kappa shape index (κ1) is 14.2. The number of anilines is 1. The van der Waals surface area contributed by atoms with Crippen molar-refractivity contribution in [1.29, 1.82) is 0 Å². The van der Waals surface area contributed by atoms with Crippen molar-refractivity contribution in [3.05, 3.63) is 48.3 Å². The van der Waals surface area contributed by atoms with Crippen molar-refractivity contribution in [1.82, 2.24) is 9.55 Å². The highest BCUT2D eigenvalue weighted by molar-refractivity contribution is 6.04. The van der Waals surface area contributed by atoms with Crippen LogP contribution in [0, 0.1) is 5.82 Å². The molecule has 5 nitrogen and oxygen atoms in total. The SMILES string of the molecule is Cn1cnc(C(=O)N(CCCN)c2ccc(F)cc2)c1. The summed E-state index contributed by atoms with van der Waals surface area (Å²) in [6.07, 6.45) is 3.89. The maximum atomic E-state index is 13.0. The van der Waals surface area contributed by atoms with Gasteiger partial charge >= 0.3 is 0 Å². The van der Waals surface area contributed by atoms with Crippen molar-refractivity contribution in [3.63, 3.8) is 0 Å². The van der Waals surface area contributed by atoms with E-state index >= 15 is 0 Å². The molecule has 0 spiro atoms. The number of halogens is 1. The molecular weight excluding hydrogens is 259 g/mol. The number of carbonyl (C=O) groups is 1. The molecule has 2 aromatic rings. The molecule has 1 aromatic carbocycles. The van der Waals surface area contributed by atoms with Gasteiger partial charge in [0.05, 0.1) is 6.33 Å². The molecule has 0 atom stereocenters. The van der Waals surface area contributed by atoms with Crippen LogP contribution in [0.25, 0.3) is 0 Å². The van der Waals surface area contributed by atoms with Gasteiger partial charge in [-0.3, -0.25) is 4.79 Å². The lowest BCUT2D eigenvalue weighted by molar-refractivity contribution is 0.0982. The van der Waals surface area contributed by atoms with Crippen LogP contribution in [0.15, 0.2) is 36.8 Å². The lowest BCUT2D eigenvalue weighted by Gasteiger charge is -2.21. The third-order valence-electron chi connectivity index (χ3n) is 2.89. The highest BCUT2D eigenvalue weighted by atomic mass is 19.1. The Hall–Kier alpha value is -2.21. The first-order valence-corrected chi connectivity index (χ1v) is 6.37. The lowest BCUT2D eigenvalue weighted by Crippen LogP contribution is -2.33. The normalized spacial score (nSPS) is 10.6. The summed E-state index contributed by atoms with van der Waals surface area (Å²) >= 11 is 0. The zero-order valence-corrected chi connectivity index (χ0v) is 11.3. The largest absolute Gasteiger partial charge is 0.340 e. The molecule has 106 valence electrons. The van der Waals surface area contributed by atoms with Gasteiger partial charge in [0, 0.05) is 25.5 Å². The second-order valence-electron chi connectivity index (χ2n) is 4.50. The summed E-state index contributed by atoms with van der Waals surface area (Å²) in [6, 6.07) is 5.81. The predicted octanol–water partition coefficient (Wildman–Crippen LogP) is 1.55. The maximum Gasteiger partial charge on any atom is 0.278 e. The smallest absolute Gasteiger partial charge is 0.278 e. The van der Waals surface area contributed by atoms with Crippen LogP contribution in [0.3, 0.4) is 0 Å². The molecule has 0 bridgehead atoms. The average Bonchev–Trinajstić information content (AvgIpc) is 2.87. The quantitative estimate of drug-likeness (QED) is 0.901. The van der Waals surface area contributed by atoms with E-state index in [1.807, 2.05) is 0 Å². The van der Waals surface area contributed by atoms with Crippen LogP contribution in [-0.2, 0) is 7.05 Å². The fourth-order valence-corrected chi connectivity index (χ4v) is 1.88. The van der Waals surface area contributed by atoms with Crippen molar-refractivity contribution in [2.75, 3.05) is 18.0 Å². The summed E-state index contributed by atoms with van der Waals surface area (Å²) in [5, 5.41) is 0. The Bertz CT molecular complexity index is 579. The Labute approximate surface area is 116 Å². The minimum absolute atomic E-state index is 0.217. The Kier molecular flexibility index (Phi) is 4.47. The Morgan fingerprint density at radius 2 is 2.10 bits per heavy atom. The standard InChI is InChI=1S/C14H17FN4O/c1-18-9-13(17-10-18)14(20)19(8-2-7-16)12-5-3-11(15)4-6-12/h3-6,9-10H,2,7-8,16H2,1H3. The van der Waals surface area contributed by atoms with E-state index in [9.17, 15) is 9.18 Å². The molecule has 0 saturated carbocycles. The monoisotopic (exact) mass is 276 g/mol. The van der Waals surface area contributed by atoms with Gasteiger partial charge < -0.3 is 15.2 Å². The number of carbonyl (C=O) groups excluding carboxylic acids is 1. The fourth-order valence-electron chi connectivity index (χ4n) is 1.88. The lowest BCUT2D eigenvalue weighted by atomic mass is 10.2. The van der Waals surface area contributed by atoms with Crippen LogP contribution in [-0.4, -0.2) is 28.5 Å². The number of hydrogen-bond acceptors (Lipinski definition) is 3. The summed E-state index contributed by atoms with van der Waals surface area (Å²) in [4.78, 5) is 18.1. The van der Waals surface area contributed by atoms with Crippen molar-refractivity contribution >= 4 is 11.6 Å². The van der Waals surface area contributed by atoms with Gasteiger partial charge in [-0.1, -0.05) is 0 Å². The summed E-state index contributed by atoms with van der Waals surface area (Å²) < 4.78 is 14.7. The van der Waals surface area contributed by atoms with Crippen LogP contribution in [0.4, 0.5) is 10.1 Å². The van der Waals surface area contributed by atoms with E-state index in [-0.39, 0.29) is 11.7 Å². The van der Waals surface area contributed by atoms with E-state index in [0.29, 0.717) is 30.9 Å². The number of imidazole rings is 1. The molecule has 0 saturated heterocycles. The number of hydrogen-bond donors (Lipinski definition) is 1. The third kappa shape index (κ3) is 3.21. The molecule has 1 heterocycles. The second kappa shape index (κ2) is 6.29. The van der Waals surface area contributed by atoms with Gasteiger partial charge in [-0.2, -0.15) is 0 Å². The summed E-state index contributed by atoms with van der Waals surface area (Å²) in [6.45, 7) is 0.949. The predicted molar refractivity (Wildman–Crippen MR) is 75.0 cm³/mol. The number of nitrogens with two attached hydrogens (primary N) is 1. The van der Waals surface area contributed by atoms with Crippen LogP contribution in [0.1, 0.15) is 16.9 Å². The second-order valence-corrected chi connectivity index (χ2v) is 4.50. The van der Waals surface area contributed by atoms with Crippen LogP contribution < -0.4 is 10.6 Å². The van der Waals surface area contributed by atoms with Gasteiger partial charge in [0.2, 0.25) is 0 Å². The summed E-state index contributed by atoms with van der Waals surface area (Å²) in [7, 11) is 1.80. The number of aromatic nitrogens is 2. The van der Waals surface area contributed by atoms with E-state index in [0.717, 1.165) is 0 Å². The number of aryl methyl sites for hydroxylation is 1. The molecule has 20 heavy (non-hydrogen) atoms. The summed E-state index contributed by atoms with van der Waals surface area (Å²) in [5.41, 5.74) is 6.49. The minimum Gasteiger partial charge on any atom is -0.340 e. The minimum atomic E-state index is -0.335. The highest BCUT2D eigenvalue weighted by Gasteiger charge is 2.19. The molecular formula is C14H17FN4O. The Morgan fingerprint density at radius 3 is 2.65 bits per heavy atom. The van der Waals surface area contributed by atoms with E-state index in [1.54, 1.807) is 41.2 Å². The van der Waals surface area contributed by atoms with Gasteiger partial charge in [0.15, 0.2) is 0 Å². The molecule has 0 fully saturated rings. The van der Waals surface area contributed by atoms with E-state index in [1.165, 1.54) is 12.1 Å². The molecule has 1 amide bonds. The number of benzene rings is 1. The van der Waals surface area contributed by atoms with E-state index in [4.69, 9.17) is 5.73 Å². The molecule has 0 aliphatic carbocycles. The van der Waals surface area contributed by atoms with Crippen LogP contribution >= 0.6 is 0 Å². The average molecular weight is 276 g/mol. The first-order valence-electron chi connectivity index (χ1n) is 6.37. The molecule has 6 heteroatoms. The van der Waals surface area contributed by atoms with Crippen molar-refractivity contribution in [2.24, 2.45) is 12.8 Å². The molecule has 2 N–H and O–H groups in total. The third-order valence-corrected chi connectivity index (χ3v) is 2.89. The topological polar surface area (TPSA) is 64.2 Å². The fraction of sp³-hybridized carbons (Fsp3) is 0.286. The molecule has 0 unspecified atom stereocenters. The van der Waals surface area contributed by atoms with Gasteiger partial charge in [-0.25, -0.2) is 9.37 Å². The number of nitrogens with zero attached hydrogens (tertiary/aromatic N) is 3. The molecule has 0 radical (unpaired) electrons. The van der Waals surface area contributed by atoms with Crippen molar-refractivity contribution in [2.45, 2.75) is 6.42 Å². The number of amides is 1. The van der Waals surface area contributed by atoms with Crippen LogP contribution in [0.5, 0.6) is 0 Å². The number of rotatable bonds is 5. The first-order chi connectivity index (χ1) is 9.61. The van der Waals surface area contributed by atoms with Crippen molar-refractivity contribution < 1.29 is 9.18 Å². The van der Waals surface area contributed by atoms with Gasteiger partial charge in [-0.05, 0) is 37.2 Å². The summed E-state index contributed by atoms with van der Waals surface area (Å²) in [5.74, 6) is -0.552. The molecule has 1 aromatic heterocycles. The van der Waals surface area contributed by atoms with E-state index < -0.39 is 0 Å². The van der Waals surface area contributed by atoms with Gasteiger partial charge in [0.1, 0.15) is 11.5 Å². The Balaban J connectivity index is 2.27. The van der Waals surface area contributed by atoms with E-state index in [2.05, 4.69) is 4.98 Å². The van der Waals surface area contributed by atoms with Gasteiger partial charge in [0.25, 0.3) is 5.91 Å². The Morgan fingerprint density at radius 1 is 1.40 bits per heavy atom. The zero-order valence-electron chi connectivity index (χ0n) is 11.3.